The van der Waals surface area contributed by atoms with Crippen LogP contribution in [0, 0.1) is 13.8 Å². The van der Waals surface area contributed by atoms with Crippen molar-refractivity contribution in [3.05, 3.63) is 56.4 Å². The van der Waals surface area contributed by atoms with Crippen LogP contribution in [0.1, 0.15) is 49.5 Å². The van der Waals surface area contributed by atoms with Gasteiger partial charge in [-0.1, -0.05) is 21.6 Å². The van der Waals surface area contributed by atoms with E-state index in [4.69, 9.17) is 11.5 Å². The molecule has 0 spiro atoms. The van der Waals surface area contributed by atoms with E-state index in [9.17, 15) is 18.0 Å². The van der Waals surface area contributed by atoms with Crippen LogP contribution < -0.4 is 11.5 Å². The predicted molar refractivity (Wildman–Crippen MR) is 173 cm³/mol. The van der Waals surface area contributed by atoms with Crippen LogP contribution in [-0.2, 0) is 44.3 Å². The molecule has 0 aliphatic rings. The molecule has 0 saturated heterocycles. The number of nitrogen functional groups attached to an aromatic ring is 2. The van der Waals surface area contributed by atoms with Gasteiger partial charge >= 0.3 is 0 Å². The fourth-order valence-corrected chi connectivity index (χ4v) is 7.68. The molecule has 2 atom stereocenters. The van der Waals surface area contributed by atoms with Crippen molar-refractivity contribution in [2.24, 2.45) is 0 Å². The van der Waals surface area contributed by atoms with Gasteiger partial charge in [-0.3, -0.25) is 18.0 Å². The molecule has 16 heteroatoms. The van der Waals surface area contributed by atoms with Crippen LogP contribution in [0.15, 0.2) is 33.6 Å². The van der Waals surface area contributed by atoms with Crippen molar-refractivity contribution in [3.8, 4) is 0 Å². The maximum Gasteiger partial charge on any atom is 0.214 e. The van der Waals surface area contributed by atoms with Crippen molar-refractivity contribution in [3.63, 3.8) is 0 Å². The summed E-state index contributed by atoms with van der Waals surface area (Å²) in [6, 6.07) is 0. The predicted octanol–water partition coefficient (Wildman–Crippen LogP) is 3.05. The minimum Gasteiger partial charge on any atom is -0.383 e. The number of aromatic nitrogens is 4. The fourth-order valence-electron chi connectivity index (χ4n) is 3.56. The van der Waals surface area contributed by atoms with Gasteiger partial charge in [-0.05, 0) is 40.5 Å². The molecule has 12 nitrogen and oxygen atoms in total. The van der Waals surface area contributed by atoms with Crippen molar-refractivity contribution in [2.75, 3.05) is 35.5 Å². The van der Waals surface area contributed by atoms with Crippen molar-refractivity contribution < 1.29 is 18.0 Å². The molecule has 0 bridgehead atoms. The third kappa shape index (κ3) is 11.1. The first-order valence-electron chi connectivity index (χ1n) is 12.8. The Hall–Kier alpha value is -2.82. The van der Waals surface area contributed by atoms with E-state index < -0.39 is 21.6 Å². The molecule has 2 rings (SSSR count). The maximum atomic E-state index is 12.2. The Morgan fingerprint density at radius 2 is 1.14 bits per heavy atom. The Bertz CT molecular complexity index is 1280. The zero-order chi connectivity index (χ0) is 31.4. The van der Waals surface area contributed by atoms with E-state index in [1.54, 1.807) is 38.8 Å². The number of nitrogens with two attached hydrogens (primary N) is 2. The van der Waals surface area contributed by atoms with Gasteiger partial charge in [0.05, 0.1) is 13.1 Å². The van der Waals surface area contributed by atoms with Gasteiger partial charge in [0.2, 0.25) is 12.8 Å². The van der Waals surface area contributed by atoms with Gasteiger partial charge in [-0.25, -0.2) is 19.9 Å². The number of hydrogen-bond donors (Lipinski definition) is 2. The largest absolute Gasteiger partial charge is 0.383 e. The molecule has 4 N–H and O–H groups in total. The minimum absolute atomic E-state index is 0.168. The normalized spacial score (nSPS) is 14.0. The summed E-state index contributed by atoms with van der Waals surface area (Å²) in [4.78, 5) is 45.8. The molecule has 2 amide bonds. The first-order valence-corrected chi connectivity index (χ1v) is 18.4. The van der Waals surface area contributed by atoms with Gasteiger partial charge in [0, 0.05) is 90.3 Å². The summed E-state index contributed by atoms with van der Waals surface area (Å²) in [6.07, 6.45) is 8.79. The van der Waals surface area contributed by atoms with Gasteiger partial charge in [-0.15, -0.1) is 0 Å². The van der Waals surface area contributed by atoms with Gasteiger partial charge in [0.15, 0.2) is 0 Å². The van der Waals surface area contributed by atoms with Crippen LogP contribution in [0.4, 0.5) is 11.6 Å². The summed E-state index contributed by atoms with van der Waals surface area (Å²) >= 11 is 0. The quantitative estimate of drug-likeness (QED) is 0.188. The molecule has 2 aromatic rings. The number of amides is 2. The second kappa shape index (κ2) is 17.3. The molecule has 2 unspecified atom stereocenters. The molecule has 0 aliphatic carbocycles. The third-order valence-corrected chi connectivity index (χ3v) is 10.6. The number of allylic oxidation sites excluding steroid dienone is 4. The Balaban J connectivity index is 2.42. The van der Waals surface area contributed by atoms with E-state index >= 15 is 0 Å². The molecule has 0 aliphatic heterocycles. The average Bonchev–Trinajstić information content (AvgIpc) is 2.93. The zero-order valence-electron chi connectivity index (χ0n) is 24.7. The number of carbonyl (C=O) groups is 2. The van der Waals surface area contributed by atoms with Crippen LogP contribution >= 0.6 is 21.6 Å². The summed E-state index contributed by atoms with van der Waals surface area (Å²) < 4.78 is 24.0. The molecule has 0 saturated carbocycles. The SMILES string of the molecule is C/C(=C(\CCS(C)=O)SS/C(CCS(C)=O)=C(/C)N(C=O)Cc1cnc(C)nc1N)N(C=O)Cc1cnc(C)nc1N. The van der Waals surface area contributed by atoms with E-state index in [0.29, 0.717) is 83.0 Å². The molecule has 0 fully saturated rings. The second-order valence-electron chi connectivity index (χ2n) is 9.36. The summed E-state index contributed by atoms with van der Waals surface area (Å²) in [7, 11) is 0.691. The number of rotatable bonds is 17. The minimum atomic E-state index is -1.06. The van der Waals surface area contributed by atoms with E-state index in [1.165, 1.54) is 31.4 Å². The molecule has 2 aromatic heterocycles. The van der Waals surface area contributed by atoms with Crippen LogP contribution in [0.3, 0.4) is 0 Å². The highest BCUT2D eigenvalue weighted by molar-refractivity contribution is 8.79. The Morgan fingerprint density at radius 1 is 0.786 bits per heavy atom. The van der Waals surface area contributed by atoms with E-state index in [-0.39, 0.29) is 13.1 Å². The van der Waals surface area contributed by atoms with E-state index in [0.717, 1.165) is 9.81 Å². The third-order valence-electron chi connectivity index (χ3n) is 6.12. The van der Waals surface area contributed by atoms with Crippen LogP contribution in [-0.4, -0.2) is 75.0 Å². The van der Waals surface area contributed by atoms with E-state index in [1.807, 2.05) is 13.8 Å². The number of hydrogen-bond acceptors (Lipinski definition) is 12. The Morgan fingerprint density at radius 3 is 1.43 bits per heavy atom. The van der Waals surface area contributed by atoms with Gasteiger partial charge < -0.3 is 21.3 Å². The van der Waals surface area contributed by atoms with Crippen molar-refractivity contribution in [1.29, 1.82) is 0 Å². The van der Waals surface area contributed by atoms with Crippen LogP contribution in [0.5, 0.6) is 0 Å². The summed E-state index contributed by atoms with van der Waals surface area (Å²) in [5.41, 5.74) is 14.7. The topological polar surface area (TPSA) is 178 Å². The van der Waals surface area contributed by atoms with Crippen LogP contribution in [0.25, 0.3) is 0 Å². The fraction of sp³-hybridized carbons (Fsp3) is 0.462. The lowest BCUT2D eigenvalue weighted by Gasteiger charge is -2.24. The number of anilines is 2. The molecule has 0 aromatic carbocycles. The highest BCUT2D eigenvalue weighted by Crippen LogP contribution is 2.43. The first-order chi connectivity index (χ1) is 19.9. The number of aryl methyl sites for hydroxylation is 2. The van der Waals surface area contributed by atoms with Crippen molar-refractivity contribution in [1.82, 2.24) is 29.7 Å². The first kappa shape index (κ1) is 35.4. The molecule has 2 heterocycles. The highest BCUT2D eigenvalue weighted by Gasteiger charge is 2.19. The van der Waals surface area contributed by atoms with Crippen molar-refractivity contribution in [2.45, 2.75) is 53.6 Å². The standard InChI is InChI=1S/C26H38N8O4S4/c1-17(33(15-35)13-21-11-29-19(3)31-25(21)27)23(7-9-41(5)37)39-40-24(8-10-42(6)38)18(2)34(16-36)14-22-12-30-20(4)32-26(22)28/h11-12,15-16H,7-10,13-14H2,1-6H3,(H2,27,29,31)(H2,28,30,32)/b23-17-,24-18-. The zero-order valence-corrected chi connectivity index (χ0v) is 27.9. The average molecular weight is 655 g/mol. The molecule has 0 radical (unpaired) electrons. The highest BCUT2D eigenvalue weighted by atomic mass is 33.1. The molecular formula is C26H38N8O4S4. The molecular weight excluding hydrogens is 617 g/mol. The van der Waals surface area contributed by atoms with Crippen LogP contribution in [0.2, 0.25) is 0 Å². The summed E-state index contributed by atoms with van der Waals surface area (Å²) in [5, 5.41) is 0. The maximum absolute atomic E-state index is 12.2. The number of carbonyl (C=O) groups excluding carboxylic acids is 2. The van der Waals surface area contributed by atoms with Crippen molar-refractivity contribution >= 4 is 67.6 Å². The lowest BCUT2D eigenvalue weighted by Crippen LogP contribution is -2.22. The van der Waals surface area contributed by atoms with E-state index in [2.05, 4.69) is 19.9 Å². The Kier molecular flexibility index (Phi) is 14.6. The monoisotopic (exact) mass is 654 g/mol. The summed E-state index contributed by atoms with van der Waals surface area (Å²) in [6.45, 7) is 7.43. The van der Waals surface area contributed by atoms with Gasteiger partial charge in [0.25, 0.3) is 0 Å². The second-order valence-corrected chi connectivity index (χ2v) is 14.8. The lowest BCUT2D eigenvalue weighted by atomic mass is 10.2. The number of nitrogens with zero attached hydrogens (tertiary/aromatic N) is 6. The van der Waals surface area contributed by atoms with Gasteiger partial charge in [0.1, 0.15) is 23.3 Å². The van der Waals surface area contributed by atoms with Gasteiger partial charge in [-0.2, -0.15) is 0 Å². The molecule has 230 valence electrons. The lowest BCUT2D eigenvalue weighted by molar-refractivity contribution is -0.117. The summed E-state index contributed by atoms with van der Waals surface area (Å²) in [5.74, 6) is 2.44. The molecule has 42 heavy (non-hydrogen) atoms. The Labute approximate surface area is 259 Å². The smallest absolute Gasteiger partial charge is 0.214 e.